The third-order valence-electron chi connectivity index (χ3n) is 4.91. The first-order valence-corrected chi connectivity index (χ1v) is 10.8. The second-order valence-electron chi connectivity index (χ2n) is 7.55. The third-order valence-corrected chi connectivity index (χ3v) is 5.95. The normalized spacial score (nSPS) is 20.3. The number of ether oxygens (including phenoxy) is 1. The zero-order valence-electron chi connectivity index (χ0n) is 16.4. The maximum atomic E-state index is 12.1. The van der Waals surface area contributed by atoms with E-state index in [1.807, 2.05) is 19.9 Å². The molecule has 1 aromatic heterocycles. The number of piperazine rings is 1. The average Bonchev–Trinajstić information content (AvgIpc) is 3.05. The van der Waals surface area contributed by atoms with Crippen molar-refractivity contribution in [2.24, 2.45) is 0 Å². The summed E-state index contributed by atoms with van der Waals surface area (Å²) in [6.07, 6.45) is 1.13. The number of nitrogens with one attached hydrogen (secondary N) is 3. The smallest absolute Gasteiger partial charge is 0.275 e. The summed E-state index contributed by atoms with van der Waals surface area (Å²) in [4.78, 5) is 19.8. The van der Waals surface area contributed by atoms with Crippen LogP contribution in [0.25, 0.3) is 10.2 Å². The molecular formula is C20H32N4O2S+2. The van der Waals surface area contributed by atoms with Crippen LogP contribution in [0.1, 0.15) is 25.3 Å². The van der Waals surface area contributed by atoms with E-state index in [-0.39, 0.29) is 12.0 Å². The van der Waals surface area contributed by atoms with Crippen LogP contribution >= 0.6 is 11.3 Å². The topological polar surface area (TPSA) is 60.1 Å². The lowest BCUT2D eigenvalue weighted by Gasteiger charge is -2.28. The minimum Gasteiger partial charge on any atom is -0.379 e. The molecule has 1 aromatic carbocycles. The van der Waals surface area contributed by atoms with Crippen molar-refractivity contribution in [3.8, 4) is 0 Å². The highest BCUT2D eigenvalue weighted by atomic mass is 32.1. The van der Waals surface area contributed by atoms with E-state index in [1.54, 1.807) is 16.2 Å². The third kappa shape index (κ3) is 6.53. The predicted octanol–water partition coefficient (Wildman–Crippen LogP) is -0.489. The number of hydrogen-bond donors (Lipinski definition) is 3. The van der Waals surface area contributed by atoms with Gasteiger partial charge in [0, 0.05) is 13.2 Å². The summed E-state index contributed by atoms with van der Waals surface area (Å²) < 4.78 is 6.76. The molecule has 148 valence electrons. The standard InChI is InChI=1S/C20H30N4O2S/c1-16(2)26-13-5-8-21-19(25)14-23-9-11-24(12-10-23)15-20-22-17-6-3-4-7-18(17)27-20/h3-4,6-7,16H,5,8-15H2,1-2H3,(H,21,25)/p+2. The van der Waals surface area contributed by atoms with Crippen LogP contribution in [0.15, 0.2) is 24.3 Å². The fourth-order valence-electron chi connectivity index (χ4n) is 3.43. The highest BCUT2D eigenvalue weighted by molar-refractivity contribution is 7.18. The molecule has 0 radical (unpaired) electrons. The summed E-state index contributed by atoms with van der Waals surface area (Å²) in [7, 11) is 0. The van der Waals surface area contributed by atoms with Gasteiger partial charge < -0.3 is 19.9 Å². The molecule has 1 saturated heterocycles. The predicted molar refractivity (Wildman–Crippen MR) is 108 cm³/mol. The SMILES string of the molecule is CC(C)OCCCNC(=O)C[NH+]1CC[NH+](Cc2nc3ccccc3s2)CC1. The molecule has 1 aliphatic rings. The Morgan fingerprint density at radius 3 is 2.70 bits per heavy atom. The van der Waals surface area contributed by atoms with Gasteiger partial charge in [0.2, 0.25) is 0 Å². The largest absolute Gasteiger partial charge is 0.379 e. The van der Waals surface area contributed by atoms with Gasteiger partial charge in [0.05, 0.1) is 16.3 Å². The number of fused-ring (bicyclic) bond motifs is 1. The number of benzene rings is 1. The molecule has 1 fully saturated rings. The van der Waals surface area contributed by atoms with Crippen molar-refractivity contribution >= 4 is 27.5 Å². The van der Waals surface area contributed by atoms with Crippen LogP contribution < -0.4 is 15.1 Å². The molecule has 0 saturated carbocycles. The molecule has 0 unspecified atom stereocenters. The maximum Gasteiger partial charge on any atom is 0.275 e. The molecule has 7 heteroatoms. The fraction of sp³-hybridized carbons (Fsp3) is 0.600. The number of thiazole rings is 1. The summed E-state index contributed by atoms with van der Waals surface area (Å²) >= 11 is 1.80. The first kappa shape index (κ1) is 20.2. The molecule has 0 atom stereocenters. The lowest BCUT2D eigenvalue weighted by molar-refractivity contribution is -1.02. The molecule has 27 heavy (non-hydrogen) atoms. The lowest BCUT2D eigenvalue weighted by atomic mass is 10.3. The van der Waals surface area contributed by atoms with Crippen molar-refractivity contribution in [1.29, 1.82) is 0 Å². The molecular weight excluding hydrogens is 360 g/mol. The number of hydrogen-bond acceptors (Lipinski definition) is 4. The number of carbonyl (C=O) groups excluding carboxylic acids is 1. The quantitative estimate of drug-likeness (QED) is 0.505. The van der Waals surface area contributed by atoms with Gasteiger partial charge in [-0.2, -0.15) is 0 Å². The Labute approximate surface area is 165 Å². The van der Waals surface area contributed by atoms with E-state index in [4.69, 9.17) is 9.72 Å². The zero-order valence-corrected chi connectivity index (χ0v) is 17.2. The van der Waals surface area contributed by atoms with Crippen LogP contribution in [-0.2, 0) is 16.1 Å². The Bertz CT molecular complexity index is 693. The number of para-hydroxylation sites is 1. The highest BCUT2D eigenvalue weighted by Crippen LogP contribution is 2.20. The molecule has 2 aromatic rings. The molecule has 0 bridgehead atoms. The molecule has 1 amide bonds. The zero-order chi connectivity index (χ0) is 19.1. The van der Waals surface area contributed by atoms with Crippen molar-refractivity contribution in [3.63, 3.8) is 0 Å². The molecule has 6 nitrogen and oxygen atoms in total. The van der Waals surface area contributed by atoms with Crippen LogP contribution in [0.3, 0.4) is 0 Å². The summed E-state index contributed by atoms with van der Waals surface area (Å²) in [5.74, 6) is 0.157. The van der Waals surface area contributed by atoms with Crippen LogP contribution in [0.2, 0.25) is 0 Å². The van der Waals surface area contributed by atoms with Gasteiger partial charge in [-0.05, 0) is 32.4 Å². The van der Waals surface area contributed by atoms with Crippen LogP contribution in [0, 0.1) is 0 Å². The van der Waals surface area contributed by atoms with Gasteiger partial charge in [0.1, 0.15) is 37.7 Å². The van der Waals surface area contributed by atoms with Crippen LogP contribution in [0.4, 0.5) is 0 Å². The number of quaternary nitrogens is 2. The van der Waals surface area contributed by atoms with E-state index < -0.39 is 0 Å². The van der Waals surface area contributed by atoms with Crippen molar-refractivity contribution in [2.45, 2.75) is 32.9 Å². The highest BCUT2D eigenvalue weighted by Gasteiger charge is 2.25. The number of amides is 1. The maximum absolute atomic E-state index is 12.1. The summed E-state index contributed by atoms with van der Waals surface area (Å²) in [6, 6.07) is 8.34. The number of nitrogens with zero attached hydrogens (tertiary/aromatic N) is 1. The number of carbonyl (C=O) groups is 1. The van der Waals surface area contributed by atoms with Gasteiger partial charge in [0.15, 0.2) is 6.54 Å². The van der Waals surface area contributed by atoms with Gasteiger partial charge >= 0.3 is 0 Å². The molecule has 1 aliphatic heterocycles. The molecule has 3 rings (SSSR count). The van der Waals surface area contributed by atoms with E-state index in [0.29, 0.717) is 19.7 Å². The number of aromatic nitrogens is 1. The van der Waals surface area contributed by atoms with E-state index >= 15 is 0 Å². The van der Waals surface area contributed by atoms with Crippen LogP contribution in [0.5, 0.6) is 0 Å². The second kappa shape index (κ2) is 10.1. The van der Waals surface area contributed by atoms with Crippen molar-refractivity contribution in [1.82, 2.24) is 10.3 Å². The number of rotatable bonds is 9. The summed E-state index contributed by atoms with van der Waals surface area (Å²) in [5.41, 5.74) is 1.11. The van der Waals surface area contributed by atoms with Crippen molar-refractivity contribution < 1.29 is 19.3 Å². The van der Waals surface area contributed by atoms with E-state index in [1.165, 1.54) is 14.6 Å². The Balaban J connectivity index is 1.33. The van der Waals surface area contributed by atoms with E-state index in [2.05, 4.69) is 23.5 Å². The van der Waals surface area contributed by atoms with Gasteiger partial charge in [0.25, 0.3) is 5.91 Å². The summed E-state index contributed by atoms with van der Waals surface area (Å²) in [6.45, 7) is 11.3. The van der Waals surface area contributed by atoms with Crippen molar-refractivity contribution in [3.05, 3.63) is 29.3 Å². The molecule has 0 spiro atoms. The van der Waals surface area contributed by atoms with E-state index in [0.717, 1.165) is 44.7 Å². The van der Waals surface area contributed by atoms with Gasteiger partial charge in [-0.1, -0.05) is 12.1 Å². The summed E-state index contributed by atoms with van der Waals surface area (Å²) in [5, 5.41) is 4.23. The molecule has 3 N–H and O–H groups in total. The van der Waals surface area contributed by atoms with Crippen molar-refractivity contribution in [2.75, 3.05) is 45.9 Å². The average molecular weight is 393 g/mol. The van der Waals surface area contributed by atoms with Crippen LogP contribution in [-0.4, -0.2) is 62.9 Å². The van der Waals surface area contributed by atoms with E-state index in [9.17, 15) is 4.79 Å². The monoisotopic (exact) mass is 392 g/mol. The first-order valence-electron chi connectivity index (χ1n) is 10.00. The second-order valence-corrected chi connectivity index (χ2v) is 8.67. The Kier molecular flexibility index (Phi) is 7.58. The van der Waals surface area contributed by atoms with Gasteiger partial charge in [-0.25, -0.2) is 4.98 Å². The Morgan fingerprint density at radius 1 is 1.22 bits per heavy atom. The molecule has 0 aliphatic carbocycles. The fourth-order valence-corrected chi connectivity index (χ4v) is 4.47. The first-order chi connectivity index (χ1) is 13.1. The Morgan fingerprint density at radius 2 is 1.96 bits per heavy atom. The lowest BCUT2D eigenvalue weighted by Crippen LogP contribution is -3.28. The Hall–Kier alpha value is -1.54. The van der Waals surface area contributed by atoms with Gasteiger partial charge in [-0.3, -0.25) is 4.79 Å². The van der Waals surface area contributed by atoms with Gasteiger partial charge in [-0.15, -0.1) is 11.3 Å². The minimum atomic E-state index is 0.157. The minimum absolute atomic E-state index is 0.157. The molecule has 2 heterocycles.